The molecule has 4 aromatic heterocycles. The highest BCUT2D eigenvalue weighted by molar-refractivity contribution is 7.47. The molecule has 0 spiro atoms. The maximum Gasteiger partial charge on any atom is 0.473 e. The Balaban J connectivity index is 1.07. The minimum absolute atomic E-state index is 0.0329. The lowest BCUT2D eigenvalue weighted by atomic mass is 9.86. The number of carbonyl (C=O) groups is 3. The van der Waals surface area contributed by atoms with Crippen molar-refractivity contribution in [2.75, 3.05) is 11.9 Å². The third kappa shape index (κ3) is 6.14. The quantitative estimate of drug-likeness (QED) is 0.121. The van der Waals surface area contributed by atoms with E-state index in [1.54, 1.807) is 13.0 Å². The van der Waals surface area contributed by atoms with Gasteiger partial charge >= 0.3 is 19.8 Å². The van der Waals surface area contributed by atoms with Gasteiger partial charge in [-0.15, -0.1) is 0 Å². The number of phosphoric acid groups is 1. The van der Waals surface area contributed by atoms with Crippen LogP contribution in [0.5, 0.6) is 0 Å². The highest BCUT2D eigenvalue weighted by Crippen LogP contribution is 2.54. The number of benzene rings is 1. The van der Waals surface area contributed by atoms with Gasteiger partial charge in [-0.2, -0.15) is 9.97 Å². The van der Waals surface area contributed by atoms with Crippen molar-refractivity contribution in [1.82, 2.24) is 29.1 Å². The maximum atomic E-state index is 13.9. The molecule has 1 saturated heterocycles. The SMILES string of the molecule is CC[C@@]1(OP(=O)(O)OC[C@H]2O[C@@H](n3cnc4c(NC(C)=O)nc(Cl)nc43)C[C@@H]2OC(C)=O)C(=O)OCc2c1cc1n(c2=O)Cc2cc3ccccc3nc2-1. The van der Waals surface area contributed by atoms with E-state index in [1.807, 2.05) is 30.3 Å². The van der Waals surface area contributed by atoms with Crippen LogP contribution in [0.15, 0.2) is 47.5 Å². The van der Waals surface area contributed by atoms with Crippen LogP contribution in [-0.4, -0.2) is 70.6 Å². The first-order valence-corrected chi connectivity index (χ1v) is 18.7. The number of cyclic esters (lactones) is 1. The van der Waals surface area contributed by atoms with E-state index in [4.69, 9.17) is 39.8 Å². The molecule has 0 saturated carbocycles. The van der Waals surface area contributed by atoms with Crippen molar-refractivity contribution in [3.8, 4) is 11.4 Å². The monoisotopic (exact) mass is 779 g/mol. The first-order valence-electron chi connectivity index (χ1n) is 16.8. The van der Waals surface area contributed by atoms with Crippen LogP contribution in [0.2, 0.25) is 5.28 Å². The Morgan fingerprint density at radius 3 is 2.72 bits per heavy atom. The fourth-order valence-corrected chi connectivity index (χ4v) is 8.42. The number of pyridine rings is 2. The van der Waals surface area contributed by atoms with E-state index in [0.717, 1.165) is 10.9 Å². The normalized spacial score (nSPS) is 22.7. The van der Waals surface area contributed by atoms with Gasteiger partial charge in [-0.25, -0.2) is 19.3 Å². The van der Waals surface area contributed by atoms with Crippen LogP contribution < -0.4 is 10.9 Å². The summed E-state index contributed by atoms with van der Waals surface area (Å²) in [6, 6.07) is 11.0. The van der Waals surface area contributed by atoms with Crippen molar-refractivity contribution in [3.05, 3.63) is 75.1 Å². The minimum atomic E-state index is -5.17. The van der Waals surface area contributed by atoms with Crippen LogP contribution >= 0.6 is 19.4 Å². The summed E-state index contributed by atoms with van der Waals surface area (Å²) in [6.07, 6.45) is -1.80. The Kier molecular flexibility index (Phi) is 8.86. The second-order valence-corrected chi connectivity index (χ2v) is 14.7. The topological polar surface area (TPSA) is 225 Å². The molecule has 3 aliphatic heterocycles. The lowest BCUT2D eigenvalue weighted by molar-refractivity contribution is -0.171. The first-order chi connectivity index (χ1) is 25.8. The van der Waals surface area contributed by atoms with E-state index in [-0.39, 0.29) is 59.4 Å². The summed E-state index contributed by atoms with van der Waals surface area (Å²) in [5.74, 6) is -1.98. The van der Waals surface area contributed by atoms with E-state index < -0.39 is 61.9 Å². The van der Waals surface area contributed by atoms with Crippen molar-refractivity contribution in [2.45, 2.75) is 70.8 Å². The number of aromatic nitrogens is 6. The number of nitrogens with one attached hydrogen (secondary N) is 1. The number of halogens is 1. The summed E-state index contributed by atoms with van der Waals surface area (Å²) in [7, 11) is -5.17. The van der Waals surface area contributed by atoms with Gasteiger partial charge in [0.1, 0.15) is 25.0 Å². The smallest absolute Gasteiger partial charge is 0.460 e. The molecule has 0 radical (unpaired) electrons. The number of para-hydroxylation sites is 1. The standard InChI is InChI=1S/C34H31ClN7O11P/c1-4-34(21-10-23-27-19(9-18-7-5-6-8-22(18)38-27)12-41(23)31(45)20(21)13-49-32(34)46)53-54(47,48)50-14-25-24(51-17(3)44)11-26(52-25)42-15-36-28-29(37-16(2)43)39-33(35)40-30(28)42/h5-10,15,24-26H,4,11-14H2,1-3H3,(H,47,48)(H,37,39,40,43)/t24-,25+,26+,34-/m0/s1. The first kappa shape index (κ1) is 35.9. The molecule has 0 aliphatic carbocycles. The van der Waals surface area contributed by atoms with E-state index in [1.165, 1.54) is 29.3 Å². The predicted molar refractivity (Wildman–Crippen MR) is 188 cm³/mol. The van der Waals surface area contributed by atoms with E-state index in [2.05, 4.69) is 20.3 Å². The summed E-state index contributed by atoms with van der Waals surface area (Å²) in [6.45, 7) is 3.26. The van der Waals surface area contributed by atoms with Gasteiger partial charge < -0.3 is 29.0 Å². The van der Waals surface area contributed by atoms with Gasteiger partial charge in [0.25, 0.3) is 5.56 Å². The number of rotatable bonds is 9. The van der Waals surface area contributed by atoms with Crippen LogP contribution in [0.25, 0.3) is 33.5 Å². The maximum absolute atomic E-state index is 13.9. The number of fused-ring (bicyclic) bond motifs is 6. The molecule has 0 bridgehead atoms. The van der Waals surface area contributed by atoms with Crippen molar-refractivity contribution in [3.63, 3.8) is 0 Å². The molecule has 3 aliphatic rings. The fourth-order valence-electron chi connectivity index (χ4n) is 7.17. The second kappa shape index (κ2) is 13.3. The van der Waals surface area contributed by atoms with Gasteiger partial charge in [0.05, 0.1) is 41.9 Å². The summed E-state index contributed by atoms with van der Waals surface area (Å²) in [5.41, 5.74) is 0.352. The van der Waals surface area contributed by atoms with Gasteiger partial charge in [0.15, 0.2) is 17.0 Å². The Morgan fingerprint density at radius 2 is 1.96 bits per heavy atom. The highest BCUT2D eigenvalue weighted by Gasteiger charge is 2.53. The molecule has 18 nitrogen and oxygen atoms in total. The number of nitrogens with zero attached hydrogens (tertiary/aromatic N) is 6. The second-order valence-electron chi connectivity index (χ2n) is 13.0. The number of esters is 2. The average molecular weight is 780 g/mol. The molecule has 280 valence electrons. The summed E-state index contributed by atoms with van der Waals surface area (Å²) >= 11 is 6.12. The molecular formula is C34H31ClN7O11P. The van der Waals surface area contributed by atoms with Crippen LogP contribution in [0.1, 0.15) is 56.5 Å². The molecule has 1 unspecified atom stereocenters. The van der Waals surface area contributed by atoms with Gasteiger partial charge in [-0.3, -0.25) is 28.0 Å². The van der Waals surface area contributed by atoms with Crippen molar-refractivity contribution >= 4 is 65.2 Å². The summed E-state index contributed by atoms with van der Waals surface area (Å²) in [4.78, 5) is 79.7. The van der Waals surface area contributed by atoms with Gasteiger partial charge in [-0.05, 0) is 36.2 Å². The molecule has 54 heavy (non-hydrogen) atoms. The molecule has 8 rings (SSSR count). The number of ether oxygens (including phenoxy) is 3. The zero-order chi connectivity index (χ0) is 38.1. The molecule has 1 aromatic carbocycles. The lowest BCUT2D eigenvalue weighted by Gasteiger charge is -2.36. The third-order valence-corrected chi connectivity index (χ3v) is 10.7. The zero-order valence-electron chi connectivity index (χ0n) is 28.8. The van der Waals surface area contributed by atoms with Crippen LogP contribution in [0.3, 0.4) is 0 Å². The fraction of sp³-hybridized carbons (Fsp3) is 0.353. The lowest BCUT2D eigenvalue weighted by Crippen LogP contribution is -2.46. The molecular weight excluding hydrogens is 749 g/mol. The van der Waals surface area contributed by atoms with E-state index in [9.17, 15) is 28.6 Å². The van der Waals surface area contributed by atoms with Crippen LogP contribution in [0, 0.1) is 0 Å². The number of hydrogen-bond donors (Lipinski definition) is 2. The largest absolute Gasteiger partial charge is 0.473 e. The summed E-state index contributed by atoms with van der Waals surface area (Å²) < 4.78 is 44.9. The summed E-state index contributed by atoms with van der Waals surface area (Å²) in [5, 5.41) is 3.25. The number of amides is 1. The molecule has 20 heteroatoms. The van der Waals surface area contributed by atoms with Crippen molar-refractivity contribution in [1.29, 1.82) is 0 Å². The zero-order valence-corrected chi connectivity index (χ0v) is 30.5. The molecule has 2 N–H and O–H groups in total. The van der Waals surface area contributed by atoms with Gasteiger partial charge in [-0.1, -0.05) is 25.1 Å². The Hall–Kier alpha value is -5.10. The molecule has 1 amide bonds. The van der Waals surface area contributed by atoms with E-state index in [0.29, 0.717) is 16.9 Å². The van der Waals surface area contributed by atoms with Gasteiger partial charge in [0.2, 0.25) is 16.8 Å². The predicted octanol–water partition coefficient (Wildman–Crippen LogP) is 3.89. The number of hydrogen-bond acceptors (Lipinski definition) is 14. The molecule has 1 fully saturated rings. The minimum Gasteiger partial charge on any atom is -0.460 e. The van der Waals surface area contributed by atoms with Crippen molar-refractivity contribution in [2.24, 2.45) is 0 Å². The van der Waals surface area contributed by atoms with Gasteiger partial charge in [0, 0.05) is 36.8 Å². The Labute approximate surface area is 310 Å². The molecule has 7 heterocycles. The number of anilines is 1. The van der Waals surface area contributed by atoms with E-state index >= 15 is 0 Å². The Morgan fingerprint density at radius 1 is 1.17 bits per heavy atom. The highest BCUT2D eigenvalue weighted by atomic mass is 35.5. The molecule has 5 atom stereocenters. The molecule has 5 aromatic rings. The van der Waals surface area contributed by atoms with Crippen molar-refractivity contribution < 1.29 is 47.1 Å². The number of imidazole rings is 1. The number of carbonyl (C=O) groups excluding carboxylic acids is 3. The average Bonchev–Trinajstić information content (AvgIpc) is 3.82. The number of phosphoric ester groups is 1. The van der Waals surface area contributed by atoms with Crippen LogP contribution in [-0.2, 0) is 61.0 Å². The third-order valence-electron chi connectivity index (χ3n) is 9.55. The van der Waals surface area contributed by atoms with Crippen LogP contribution in [0.4, 0.5) is 5.82 Å². The Bertz CT molecular complexity index is 2530.